The summed E-state index contributed by atoms with van der Waals surface area (Å²) in [6.45, 7) is 11.4. The number of ether oxygens (including phenoxy) is 3. The lowest BCUT2D eigenvalue weighted by molar-refractivity contribution is -0.132. The van der Waals surface area contributed by atoms with E-state index in [1.807, 2.05) is 55.7 Å². The van der Waals surface area contributed by atoms with Gasteiger partial charge < -0.3 is 28.8 Å². The molecule has 9 heteroatoms. The first kappa shape index (κ1) is 29.4. The smallest absolute Gasteiger partial charge is 0.219 e. The van der Waals surface area contributed by atoms with Gasteiger partial charge in [-0.25, -0.2) is 4.98 Å². The van der Waals surface area contributed by atoms with Crippen LogP contribution >= 0.6 is 0 Å². The van der Waals surface area contributed by atoms with Gasteiger partial charge in [0.25, 0.3) is 0 Å². The molecule has 3 aromatic rings. The maximum Gasteiger partial charge on any atom is 0.219 e. The van der Waals surface area contributed by atoms with Crippen molar-refractivity contribution in [3.63, 3.8) is 0 Å². The summed E-state index contributed by atoms with van der Waals surface area (Å²) >= 11 is 0. The van der Waals surface area contributed by atoms with Crippen LogP contribution in [-0.4, -0.2) is 82.5 Å². The molecule has 4 rings (SSSR count). The summed E-state index contributed by atoms with van der Waals surface area (Å²) in [6, 6.07) is 11.8. The molecule has 216 valence electrons. The number of imidazole rings is 1. The monoisotopic (exact) mass is 550 g/mol. The van der Waals surface area contributed by atoms with E-state index in [9.17, 15) is 9.90 Å². The topological polar surface area (TPSA) is 89.3 Å². The zero-order valence-corrected chi connectivity index (χ0v) is 24.4. The lowest BCUT2D eigenvalue weighted by atomic mass is 10.0. The van der Waals surface area contributed by atoms with Crippen molar-refractivity contribution in [2.75, 3.05) is 46.5 Å². The van der Waals surface area contributed by atoms with E-state index in [4.69, 9.17) is 14.2 Å². The molecule has 0 bridgehead atoms. The van der Waals surface area contributed by atoms with Gasteiger partial charge in [0.15, 0.2) is 11.5 Å². The zero-order chi connectivity index (χ0) is 28.7. The molecule has 1 aromatic heterocycles. The zero-order valence-electron chi connectivity index (χ0n) is 24.4. The Morgan fingerprint density at radius 3 is 2.60 bits per heavy atom. The van der Waals surface area contributed by atoms with E-state index in [0.29, 0.717) is 56.6 Å². The van der Waals surface area contributed by atoms with Gasteiger partial charge in [-0.05, 0) is 54.8 Å². The largest absolute Gasteiger partial charge is 0.493 e. The molecule has 1 amide bonds. The highest BCUT2D eigenvalue weighted by molar-refractivity contribution is 5.73. The summed E-state index contributed by atoms with van der Waals surface area (Å²) in [7, 11) is 1.64. The van der Waals surface area contributed by atoms with Crippen LogP contribution in [0, 0.1) is 13.8 Å². The number of carbonyl (C=O) groups excluding carboxylic acids is 1. The molecule has 1 aliphatic rings. The Morgan fingerprint density at radius 2 is 1.88 bits per heavy atom. The Labute approximate surface area is 237 Å². The number of carbonyl (C=O) groups is 1. The van der Waals surface area contributed by atoms with Crippen molar-refractivity contribution >= 4 is 5.91 Å². The fraction of sp³-hybridized carbons (Fsp3) is 0.484. The summed E-state index contributed by atoms with van der Waals surface area (Å²) in [5, 5.41) is 11.7. The number of aromatic nitrogens is 2. The number of amides is 1. The van der Waals surface area contributed by atoms with Crippen LogP contribution in [0.1, 0.15) is 36.4 Å². The number of hydrogen-bond donors (Lipinski definition) is 1. The molecule has 0 radical (unpaired) electrons. The molecule has 2 aromatic carbocycles. The van der Waals surface area contributed by atoms with Gasteiger partial charge >= 0.3 is 0 Å². The fourth-order valence-electron chi connectivity index (χ4n) is 5.06. The van der Waals surface area contributed by atoms with E-state index in [-0.39, 0.29) is 19.1 Å². The fourth-order valence-corrected chi connectivity index (χ4v) is 5.06. The van der Waals surface area contributed by atoms with Crippen molar-refractivity contribution in [1.29, 1.82) is 0 Å². The van der Waals surface area contributed by atoms with Crippen LogP contribution in [0.2, 0.25) is 0 Å². The summed E-state index contributed by atoms with van der Waals surface area (Å²) in [6.07, 6.45) is 4.65. The molecule has 1 fully saturated rings. The highest BCUT2D eigenvalue weighted by atomic mass is 16.5. The normalized spacial score (nSPS) is 17.9. The van der Waals surface area contributed by atoms with Crippen LogP contribution < -0.4 is 14.2 Å². The van der Waals surface area contributed by atoms with Crippen LogP contribution in [0.25, 0.3) is 0 Å². The van der Waals surface area contributed by atoms with Gasteiger partial charge in [-0.1, -0.05) is 19.1 Å². The standard InChI is InChI=1S/C31H42N4O5/c1-6-30-32-11-12-34(30)15-16-39-28-10-8-26(18-29(28)38-5)19-33-13-14-35(25(4)36)21-31(37,20-33)22-40-27-9-7-23(2)24(3)17-27/h7-12,17-18,37H,6,13-16,19-22H2,1-5H3/t31-/m0/s1. The third-order valence-electron chi connectivity index (χ3n) is 7.46. The van der Waals surface area contributed by atoms with Crippen molar-refractivity contribution < 1.29 is 24.1 Å². The number of aliphatic hydroxyl groups is 1. The second-order valence-corrected chi connectivity index (χ2v) is 10.6. The molecule has 0 spiro atoms. The number of benzene rings is 2. The first-order valence-corrected chi connectivity index (χ1v) is 13.9. The molecule has 1 saturated heterocycles. The Kier molecular flexibility index (Phi) is 9.71. The van der Waals surface area contributed by atoms with E-state index < -0.39 is 5.60 Å². The van der Waals surface area contributed by atoms with Crippen molar-refractivity contribution in [1.82, 2.24) is 19.4 Å². The second-order valence-electron chi connectivity index (χ2n) is 10.6. The van der Waals surface area contributed by atoms with E-state index in [2.05, 4.69) is 28.3 Å². The van der Waals surface area contributed by atoms with E-state index in [1.165, 1.54) is 5.56 Å². The molecule has 0 unspecified atom stereocenters. The van der Waals surface area contributed by atoms with Gasteiger partial charge in [0, 0.05) is 51.9 Å². The summed E-state index contributed by atoms with van der Waals surface area (Å²) < 4.78 is 19.8. The Hall–Kier alpha value is -3.56. The number of rotatable bonds is 11. The van der Waals surface area contributed by atoms with Crippen LogP contribution in [0.4, 0.5) is 0 Å². The molecule has 0 aliphatic carbocycles. The van der Waals surface area contributed by atoms with E-state index >= 15 is 0 Å². The highest BCUT2D eigenvalue weighted by Gasteiger charge is 2.37. The molecule has 2 heterocycles. The molecule has 0 saturated carbocycles. The molecule has 40 heavy (non-hydrogen) atoms. The van der Waals surface area contributed by atoms with E-state index in [1.54, 1.807) is 18.9 Å². The van der Waals surface area contributed by atoms with Crippen molar-refractivity contribution in [2.45, 2.75) is 52.8 Å². The predicted molar refractivity (Wildman–Crippen MR) is 154 cm³/mol. The SMILES string of the molecule is CCc1nccn1CCOc1ccc(CN2CCN(C(C)=O)C[C@](O)(COc3ccc(C)c(C)c3)C2)cc1OC. The summed E-state index contributed by atoms with van der Waals surface area (Å²) in [5.74, 6) is 3.03. The molecule has 1 aliphatic heterocycles. The first-order chi connectivity index (χ1) is 19.2. The minimum Gasteiger partial charge on any atom is -0.493 e. The lowest BCUT2D eigenvalue weighted by Crippen LogP contribution is -2.51. The number of hydrogen-bond acceptors (Lipinski definition) is 7. The average molecular weight is 551 g/mol. The molecule has 9 nitrogen and oxygen atoms in total. The van der Waals surface area contributed by atoms with Crippen LogP contribution in [0.5, 0.6) is 17.2 Å². The lowest BCUT2D eigenvalue weighted by Gasteiger charge is -2.33. The third kappa shape index (κ3) is 7.55. The minimum absolute atomic E-state index is 0.0589. The van der Waals surface area contributed by atoms with Crippen LogP contribution in [0.3, 0.4) is 0 Å². The summed E-state index contributed by atoms with van der Waals surface area (Å²) in [5.41, 5.74) is 2.12. The van der Waals surface area contributed by atoms with Gasteiger partial charge in [0.05, 0.1) is 20.2 Å². The molecule has 1 N–H and O–H groups in total. The number of methoxy groups -OCH3 is 1. The van der Waals surface area contributed by atoms with Crippen LogP contribution in [0.15, 0.2) is 48.8 Å². The van der Waals surface area contributed by atoms with Gasteiger partial charge in [-0.15, -0.1) is 0 Å². The van der Waals surface area contributed by atoms with Crippen LogP contribution in [-0.2, 0) is 24.3 Å². The molecule has 1 atom stereocenters. The van der Waals surface area contributed by atoms with Gasteiger partial charge in [-0.3, -0.25) is 9.69 Å². The number of β-amino-alcohol motifs (C(OH)–C–C–N with tert-alkyl or cyclic N) is 1. The molecular weight excluding hydrogens is 508 g/mol. The maximum absolute atomic E-state index is 12.3. The minimum atomic E-state index is -1.22. The Bertz CT molecular complexity index is 1290. The quantitative estimate of drug-likeness (QED) is 0.390. The van der Waals surface area contributed by atoms with E-state index in [0.717, 1.165) is 23.4 Å². The first-order valence-electron chi connectivity index (χ1n) is 13.9. The van der Waals surface area contributed by atoms with Crippen molar-refractivity contribution in [3.8, 4) is 17.2 Å². The maximum atomic E-state index is 12.3. The molecular formula is C31H42N4O5. The Balaban J connectivity index is 1.42. The number of aryl methyl sites for hydroxylation is 3. The Morgan fingerprint density at radius 1 is 1.05 bits per heavy atom. The van der Waals surface area contributed by atoms with Crippen molar-refractivity contribution in [2.24, 2.45) is 0 Å². The van der Waals surface area contributed by atoms with Gasteiger partial charge in [0.1, 0.15) is 30.4 Å². The van der Waals surface area contributed by atoms with Gasteiger partial charge in [0.2, 0.25) is 5.91 Å². The van der Waals surface area contributed by atoms with Gasteiger partial charge in [-0.2, -0.15) is 0 Å². The second kappa shape index (κ2) is 13.2. The summed E-state index contributed by atoms with van der Waals surface area (Å²) in [4.78, 5) is 20.5. The van der Waals surface area contributed by atoms with Crippen molar-refractivity contribution in [3.05, 3.63) is 71.3 Å². The third-order valence-corrected chi connectivity index (χ3v) is 7.46. The number of nitrogens with zero attached hydrogens (tertiary/aromatic N) is 4. The average Bonchev–Trinajstić information content (AvgIpc) is 3.32. The highest BCUT2D eigenvalue weighted by Crippen LogP contribution is 2.29. The predicted octanol–water partition coefficient (Wildman–Crippen LogP) is 3.62.